The van der Waals surface area contributed by atoms with Crippen molar-refractivity contribution in [3.8, 4) is 5.75 Å². The Morgan fingerprint density at radius 3 is 2.52 bits per heavy atom. The van der Waals surface area contributed by atoms with E-state index in [1.165, 1.54) is 0 Å². The van der Waals surface area contributed by atoms with Crippen LogP contribution in [-0.2, 0) is 9.59 Å². The number of hydrogen-bond acceptors (Lipinski definition) is 6. The van der Waals surface area contributed by atoms with Crippen molar-refractivity contribution in [1.29, 1.82) is 0 Å². The van der Waals surface area contributed by atoms with Crippen molar-refractivity contribution in [1.82, 2.24) is 10.6 Å². The van der Waals surface area contributed by atoms with Crippen molar-refractivity contribution in [2.45, 2.75) is 44.8 Å². The van der Waals surface area contributed by atoms with E-state index in [1.807, 2.05) is 19.1 Å². The third-order valence-electron chi connectivity index (χ3n) is 4.05. The van der Waals surface area contributed by atoms with Crippen molar-refractivity contribution in [2.24, 2.45) is 11.5 Å². The van der Waals surface area contributed by atoms with Crippen molar-refractivity contribution in [2.75, 3.05) is 26.2 Å². The van der Waals surface area contributed by atoms with Gasteiger partial charge < -0.3 is 31.9 Å². The zero-order valence-corrected chi connectivity index (χ0v) is 15.9. The Morgan fingerprint density at radius 2 is 2.04 bits per heavy atom. The molecular weight excluding hydrogens is 348 g/mol. The first-order chi connectivity index (χ1) is 12.9. The second-order valence-electron chi connectivity index (χ2n) is 6.56. The maximum absolute atomic E-state index is 11.8. The standard InChI is InChI=1S/C15H23N3O3.C4H9NO/c1-11-5-7-12(8-6-11)21-10-14(19)18-13(15(17)20)4-2-3-9-16;6-4-1-2-5-3-4/h5-8,13H,2-4,9-10,16H2,1H3,(H2,17,20)(H,18,19);4-6H,1-3H2/t13-;4-/m01/s1. The summed E-state index contributed by atoms with van der Waals surface area (Å²) in [5, 5.41) is 14.3. The van der Waals surface area contributed by atoms with Gasteiger partial charge in [0.25, 0.3) is 5.91 Å². The first kappa shape index (κ1) is 22.9. The molecule has 8 nitrogen and oxygen atoms in total. The van der Waals surface area contributed by atoms with E-state index in [-0.39, 0.29) is 18.6 Å². The minimum absolute atomic E-state index is 0.0648. The Hall–Kier alpha value is -2.16. The molecular formula is C19H32N4O4. The number of benzene rings is 1. The zero-order chi connectivity index (χ0) is 20.1. The topological polar surface area (TPSA) is 140 Å². The first-order valence-electron chi connectivity index (χ1n) is 9.29. The molecule has 2 amide bonds. The van der Waals surface area contributed by atoms with Crippen LogP contribution < -0.4 is 26.8 Å². The lowest BCUT2D eigenvalue weighted by molar-refractivity contribution is -0.128. The van der Waals surface area contributed by atoms with E-state index in [2.05, 4.69) is 10.6 Å². The number of aliphatic hydroxyl groups excluding tert-OH is 1. The number of nitrogens with one attached hydrogen (secondary N) is 2. The summed E-state index contributed by atoms with van der Waals surface area (Å²) in [6, 6.07) is 6.69. The summed E-state index contributed by atoms with van der Waals surface area (Å²) < 4.78 is 5.34. The molecule has 0 aromatic heterocycles. The predicted molar refractivity (Wildman–Crippen MR) is 104 cm³/mol. The van der Waals surface area contributed by atoms with E-state index in [0.717, 1.165) is 37.9 Å². The third kappa shape index (κ3) is 10.5. The number of unbranched alkanes of at least 4 members (excludes halogenated alkanes) is 1. The average molecular weight is 380 g/mol. The summed E-state index contributed by atoms with van der Waals surface area (Å²) in [4.78, 5) is 23.0. The molecule has 1 aromatic rings. The van der Waals surface area contributed by atoms with Crippen LogP contribution in [0, 0.1) is 6.92 Å². The number of primary amides is 1. The van der Waals surface area contributed by atoms with Crippen LogP contribution in [0.2, 0.25) is 0 Å². The fourth-order valence-corrected chi connectivity index (χ4v) is 2.44. The number of rotatable bonds is 9. The minimum atomic E-state index is -0.675. The second kappa shape index (κ2) is 13.1. The number of carbonyl (C=O) groups excluding carboxylic acids is 2. The molecule has 0 aliphatic carbocycles. The van der Waals surface area contributed by atoms with Gasteiger partial charge in [0.1, 0.15) is 11.8 Å². The number of carbonyl (C=O) groups is 2. The van der Waals surface area contributed by atoms with Gasteiger partial charge in [-0.25, -0.2) is 0 Å². The van der Waals surface area contributed by atoms with E-state index in [4.69, 9.17) is 21.3 Å². The first-order valence-corrected chi connectivity index (χ1v) is 9.29. The SMILES string of the molecule is Cc1ccc(OCC(=O)N[C@@H](CCCCN)C(N)=O)cc1.O[C@@H]1CCNC1. The molecule has 8 heteroatoms. The molecule has 0 bridgehead atoms. The van der Waals surface area contributed by atoms with Gasteiger partial charge >= 0.3 is 0 Å². The van der Waals surface area contributed by atoms with Crippen molar-refractivity contribution in [3.63, 3.8) is 0 Å². The van der Waals surface area contributed by atoms with Crippen LogP contribution in [0.25, 0.3) is 0 Å². The quantitative estimate of drug-likeness (QED) is 0.376. The number of β-amino-alcohol motifs (C(OH)–C–C–N with tert-alkyl or cyclic N) is 1. The lowest BCUT2D eigenvalue weighted by Crippen LogP contribution is -2.46. The molecule has 152 valence electrons. The predicted octanol–water partition coefficient (Wildman–Crippen LogP) is -0.186. The molecule has 1 saturated heterocycles. The Labute approximate surface area is 160 Å². The molecule has 0 spiro atoms. The smallest absolute Gasteiger partial charge is 0.258 e. The molecule has 0 saturated carbocycles. The van der Waals surface area contributed by atoms with Crippen molar-refractivity contribution in [3.05, 3.63) is 29.8 Å². The van der Waals surface area contributed by atoms with Crippen LogP contribution in [-0.4, -0.2) is 55.3 Å². The summed E-state index contributed by atoms with van der Waals surface area (Å²) in [6.07, 6.45) is 2.89. The van der Waals surface area contributed by atoms with Gasteiger partial charge in [-0.3, -0.25) is 9.59 Å². The van der Waals surface area contributed by atoms with Gasteiger partial charge in [-0.15, -0.1) is 0 Å². The lowest BCUT2D eigenvalue weighted by Gasteiger charge is -2.15. The van der Waals surface area contributed by atoms with Crippen LogP contribution in [0.5, 0.6) is 5.75 Å². The minimum Gasteiger partial charge on any atom is -0.484 e. The summed E-state index contributed by atoms with van der Waals surface area (Å²) >= 11 is 0. The molecule has 0 radical (unpaired) electrons. The molecule has 7 N–H and O–H groups in total. The molecule has 27 heavy (non-hydrogen) atoms. The fraction of sp³-hybridized carbons (Fsp3) is 0.579. The Morgan fingerprint density at radius 1 is 1.33 bits per heavy atom. The number of amides is 2. The molecule has 1 aromatic carbocycles. The summed E-state index contributed by atoms with van der Waals surface area (Å²) in [5.74, 6) is -0.308. The van der Waals surface area contributed by atoms with E-state index in [9.17, 15) is 9.59 Å². The van der Waals surface area contributed by atoms with Gasteiger partial charge in [-0.05, 0) is 57.8 Å². The van der Waals surface area contributed by atoms with Crippen LogP contribution in [0.4, 0.5) is 0 Å². The Kier molecular flexibility index (Phi) is 11.1. The number of nitrogens with two attached hydrogens (primary N) is 2. The van der Waals surface area contributed by atoms with E-state index >= 15 is 0 Å². The van der Waals surface area contributed by atoms with E-state index < -0.39 is 11.9 Å². The highest BCUT2D eigenvalue weighted by Crippen LogP contribution is 2.11. The van der Waals surface area contributed by atoms with Gasteiger partial charge in [-0.2, -0.15) is 0 Å². The summed E-state index contributed by atoms with van der Waals surface area (Å²) in [5.41, 5.74) is 11.8. The summed E-state index contributed by atoms with van der Waals surface area (Å²) in [7, 11) is 0. The molecule has 1 heterocycles. The van der Waals surface area contributed by atoms with Gasteiger partial charge in [0.15, 0.2) is 6.61 Å². The number of ether oxygens (including phenoxy) is 1. The highest BCUT2D eigenvalue weighted by atomic mass is 16.5. The van der Waals surface area contributed by atoms with Crippen molar-refractivity contribution < 1.29 is 19.4 Å². The number of aliphatic hydroxyl groups is 1. The average Bonchev–Trinajstić information content (AvgIpc) is 3.12. The van der Waals surface area contributed by atoms with E-state index in [0.29, 0.717) is 18.7 Å². The van der Waals surface area contributed by atoms with Crippen LogP contribution in [0.15, 0.2) is 24.3 Å². The number of hydrogen-bond donors (Lipinski definition) is 5. The zero-order valence-electron chi connectivity index (χ0n) is 15.9. The second-order valence-corrected chi connectivity index (χ2v) is 6.56. The highest BCUT2D eigenvalue weighted by Gasteiger charge is 2.17. The molecule has 2 rings (SSSR count). The van der Waals surface area contributed by atoms with Crippen LogP contribution in [0.3, 0.4) is 0 Å². The molecule has 0 unspecified atom stereocenters. The Balaban J connectivity index is 0.000000511. The fourth-order valence-electron chi connectivity index (χ4n) is 2.44. The van der Waals surface area contributed by atoms with Crippen LogP contribution >= 0.6 is 0 Å². The lowest BCUT2D eigenvalue weighted by atomic mass is 10.1. The molecule has 1 fully saturated rings. The van der Waals surface area contributed by atoms with Gasteiger partial charge in [-0.1, -0.05) is 17.7 Å². The van der Waals surface area contributed by atoms with Gasteiger partial charge in [0.2, 0.25) is 5.91 Å². The summed E-state index contributed by atoms with van der Waals surface area (Å²) in [6.45, 7) is 4.15. The van der Waals surface area contributed by atoms with Crippen molar-refractivity contribution >= 4 is 11.8 Å². The van der Waals surface area contributed by atoms with Gasteiger partial charge in [0, 0.05) is 6.54 Å². The molecule has 1 aliphatic heterocycles. The van der Waals surface area contributed by atoms with Gasteiger partial charge in [0.05, 0.1) is 6.10 Å². The Bertz CT molecular complexity index is 559. The maximum atomic E-state index is 11.8. The molecule has 2 atom stereocenters. The normalized spacial score (nSPS) is 16.8. The molecule has 1 aliphatic rings. The largest absolute Gasteiger partial charge is 0.484 e. The van der Waals surface area contributed by atoms with E-state index in [1.54, 1.807) is 12.1 Å². The third-order valence-corrected chi connectivity index (χ3v) is 4.05. The highest BCUT2D eigenvalue weighted by molar-refractivity contribution is 5.87. The number of aryl methyl sites for hydroxylation is 1. The maximum Gasteiger partial charge on any atom is 0.258 e. The van der Waals surface area contributed by atoms with Crippen LogP contribution in [0.1, 0.15) is 31.2 Å². The monoisotopic (exact) mass is 380 g/mol.